The van der Waals surface area contributed by atoms with Gasteiger partial charge in [-0.3, -0.25) is 9.78 Å². The molecule has 0 spiro atoms. The van der Waals surface area contributed by atoms with E-state index in [0.717, 1.165) is 16.3 Å². The Labute approximate surface area is 147 Å². The van der Waals surface area contributed by atoms with E-state index in [1.807, 2.05) is 17.5 Å². The number of amides is 1. The number of hydrogen-bond donors (Lipinski definition) is 1. The van der Waals surface area contributed by atoms with Gasteiger partial charge in [-0.15, -0.1) is 11.3 Å². The number of rotatable bonds is 5. The summed E-state index contributed by atoms with van der Waals surface area (Å²) in [4.78, 5) is 25.1. The van der Waals surface area contributed by atoms with Gasteiger partial charge in [-0.05, 0) is 24.3 Å². The largest absolute Gasteiger partial charge is 0.350 e. The number of fused-ring (bicyclic) bond motifs is 1. The zero-order valence-electron chi connectivity index (χ0n) is 13.2. The highest BCUT2D eigenvalue weighted by atomic mass is 32.1. The summed E-state index contributed by atoms with van der Waals surface area (Å²) in [6, 6.07) is 9.19. The van der Waals surface area contributed by atoms with Crippen LogP contribution in [0.3, 0.4) is 0 Å². The van der Waals surface area contributed by atoms with E-state index in [9.17, 15) is 4.79 Å². The molecule has 0 aliphatic heterocycles. The van der Waals surface area contributed by atoms with Crippen LogP contribution in [-0.4, -0.2) is 37.0 Å². The van der Waals surface area contributed by atoms with E-state index < -0.39 is 0 Å². The summed E-state index contributed by atoms with van der Waals surface area (Å²) in [6.07, 6.45) is 5.63. The molecule has 4 aromatic rings. The van der Waals surface area contributed by atoms with Gasteiger partial charge in [-0.1, -0.05) is 6.07 Å². The van der Waals surface area contributed by atoms with E-state index in [4.69, 9.17) is 0 Å². The fraction of sp³-hybridized carbons (Fsp3) is 0.118. The average Bonchev–Trinajstić information content (AvgIpc) is 3.31. The average molecular weight is 350 g/mol. The number of aromatic nitrogens is 5. The van der Waals surface area contributed by atoms with Crippen molar-refractivity contribution in [2.24, 2.45) is 0 Å². The molecule has 4 heterocycles. The van der Waals surface area contributed by atoms with Gasteiger partial charge >= 0.3 is 0 Å². The summed E-state index contributed by atoms with van der Waals surface area (Å²) < 4.78 is 1.53. The van der Waals surface area contributed by atoms with Crippen LogP contribution in [0.1, 0.15) is 16.2 Å². The van der Waals surface area contributed by atoms with Crippen molar-refractivity contribution in [3.8, 4) is 10.6 Å². The van der Waals surface area contributed by atoms with Crippen molar-refractivity contribution < 1.29 is 4.79 Å². The number of thiazole rings is 1. The molecule has 0 aromatic carbocycles. The lowest BCUT2D eigenvalue weighted by Crippen LogP contribution is -2.27. The van der Waals surface area contributed by atoms with E-state index >= 15 is 0 Å². The Morgan fingerprint density at radius 2 is 2.20 bits per heavy atom. The first-order chi connectivity index (χ1) is 12.3. The first-order valence-corrected chi connectivity index (χ1v) is 8.61. The lowest BCUT2D eigenvalue weighted by Gasteiger charge is -2.05. The molecule has 1 N–H and O–H groups in total. The van der Waals surface area contributed by atoms with Crippen molar-refractivity contribution in [1.82, 2.24) is 29.9 Å². The molecule has 0 saturated carbocycles. The third-order valence-electron chi connectivity index (χ3n) is 3.66. The molecule has 0 aliphatic rings. The van der Waals surface area contributed by atoms with Crippen LogP contribution in [0, 0.1) is 0 Å². The predicted octanol–water partition coefficient (Wildman–Crippen LogP) is 2.22. The predicted molar refractivity (Wildman–Crippen MR) is 94.4 cm³/mol. The second-order valence-corrected chi connectivity index (χ2v) is 6.19. The fourth-order valence-corrected chi connectivity index (χ4v) is 3.30. The molecule has 7 nitrogen and oxygen atoms in total. The molecule has 0 bridgehead atoms. The molecule has 0 aliphatic carbocycles. The van der Waals surface area contributed by atoms with E-state index in [-0.39, 0.29) is 5.91 Å². The third-order valence-corrected chi connectivity index (χ3v) is 4.60. The zero-order valence-corrected chi connectivity index (χ0v) is 14.0. The van der Waals surface area contributed by atoms with Crippen molar-refractivity contribution >= 4 is 22.9 Å². The summed E-state index contributed by atoms with van der Waals surface area (Å²) in [7, 11) is 0. The Bertz CT molecular complexity index is 1010. The molecule has 0 unspecified atom stereocenters. The van der Waals surface area contributed by atoms with Crippen molar-refractivity contribution in [2.75, 3.05) is 6.54 Å². The van der Waals surface area contributed by atoms with Gasteiger partial charge in [-0.2, -0.15) is 5.10 Å². The van der Waals surface area contributed by atoms with E-state index in [1.54, 1.807) is 41.9 Å². The van der Waals surface area contributed by atoms with Crippen LogP contribution >= 0.6 is 11.3 Å². The smallest absolute Gasteiger partial charge is 0.270 e. The van der Waals surface area contributed by atoms with Crippen LogP contribution in [0.15, 0.2) is 54.4 Å². The number of pyridine rings is 2. The second kappa shape index (κ2) is 6.78. The molecule has 0 atom stereocenters. The van der Waals surface area contributed by atoms with Gasteiger partial charge in [0, 0.05) is 36.3 Å². The SMILES string of the molecule is O=C(NCCc1csc(-c2cccnc2)n1)c1cccc2ncnn12. The van der Waals surface area contributed by atoms with Crippen molar-refractivity contribution in [2.45, 2.75) is 6.42 Å². The van der Waals surface area contributed by atoms with Crippen molar-refractivity contribution in [1.29, 1.82) is 0 Å². The van der Waals surface area contributed by atoms with Crippen LogP contribution in [-0.2, 0) is 6.42 Å². The lowest BCUT2D eigenvalue weighted by molar-refractivity contribution is 0.0946. The summed E-state index contributed by atoms with van der Waals surface area (Å²) in [6.45, 7) is 0.500. The minimum Gasteiger partial charge on any atom is -0.350 e. The Morgan fingerprint density at radius 3 is 3.08 bits per heavy atom. The van der Waals surface area contributed by atoms with Gasteiger partial charge in [0.15, 0.2) is 5.65 Å². The molecule has 4 rings (SSSR count). The van der Waals surface area contributed by atoms with E-state index in [0.29, 0.717) is 24.3 Å². The quantitative estimate of drug-likeness (QED) is 0.596. The van der Waals surface area contributed by atoms with Gasteiger partial charge in [0.1, 0.15) is 17.0 Å². The van der Waals surface area contributed by atoms with Crippen molar-refractivity contribution in [3.63, 3.8) is 0 Å². The molecule has 25 heavy (non-hydrogen) atoms. The standard InChI is InChI=1S/C17H14N6OS/c24-16(14-4-1-5-15-20-11-21-23(14)15)19-8-6-13-10-25-17(22-13)12-3-2-7-18-9-12/h1-5,7,9-11H,6,8H2,(H,19,24). The highest BCUT2D eigenvalue weighted by Crippen LogP contribution is 2.22. The van der Waals surface area contributed by atoms with Crippen LogP contribution in [0.4, 0.5) is 0 Å². The fourth-order valence-electron chi connectivity index (χ4n) is 2.46. The number of nitrogens with zero attached hydrogens (tertiary/aromatic N) is 5. The van der Waals surface area contributed by atoms with Gasteiger partial charge in [0.05, 0.1) is 5.69 Å². The Morgan fingerprint density at radius 1 is 1.24 bits per heavy atom. The molecular weight excluding hydrogens is 336 g/mol. The first kappa shape index (κ1) is 15.4. The molecule has 1 amide bonds. The molecule has 0 saturated heterocycles. The lowest BCUT2D eigenvalue weighted by atomic mass is 10.3. The molecule has 0 fully saturated rings. The van der Waals surface area contributed by atoms with Crippen LogP contribution in [0.5, 0.6) is 0 Å². The minimum absolute atomic E-state index is 0.182. The molecule has 4 aromatic heterocycles. The van der Waals surface area contributed by atoms with E-state index in [2.05, 4.69) is 25.4 Å². The first-order valence-electron chi connectivity index (χ1n) is 7.73. The number of hydrogen-bond acceptors (Lipinski definition) is 6. The van der Waals surface area contributed by atoms with Crippen LogP contribution in [0.2, 0.25) is 0 Å². The maximum atomic E-state index is 12.3. The Balaban J connectivity index is 1.39. The topological polar surface area (TPSA) is 85.1 Å². The van der Waals surface area contributed by atoms with Gasteiger partial charge in [0.25, 0.3) is 5.91 Å². The van der Waals surface area contributed by atoms with E-state index in [1.165, 1.54) is 10.8 Å². The summed E-state index contributed by atoms with van der Waals surface area (Å²) in [5.41, 5.74) is 3.06. The molecular formula is C17H14N6OS. The number of carbonyl (C=O) groups is 1. The van der Waals surface area contributed by atoms with Gasteiger partial charge in [-0.25, -0.2) is 14.5 Å². The second-order valence-electron chi connectivity index (χ2n) is 5.33. The summed E-state index contributed by atoms with van der Waals surface area (Å²) in [5.74, 6) is -0.182. The maximum absolute atomic E-state index is 12.3. The van der Waals surface area contributed by atoms with Crippen molar-refractivity contribution in [3.05, 3.63) is 65.8 Å². The zero-order chi connectivity index (χ0) is 17.1. The highest BCUT2D eigenvalue weighted by Gasteiger charge is 2.11. The van der Waals surface area contributed by atoms with Crippen LogP contribution < -0.4 is 5.32 Å². The molecule has 8 heteroatoms. The monoisotopic (exact) mass is 350 g/mol. The molecule has 124 valence electrons. The third kappa shape index (κ3) is 3.24. The number of nitrogens with one attached hydrogen (secondary N) is 1. The summed E-state index contributed by atoms with van der Waals surface area (Å²) in [5, 5.41) is 9.91. The van der Waals surface area contributed by atoms with Gasteiger partial charge in [0.2, 0.25) is 0 Å². The number of carbonyl (C=O) groups excluding carboxylic acids is 1. The highest BCUT2D eigenvalue weighted by molar-refractivity contribution is 7.13. The molecule has 0 radical (unpaired) electrons. The minimum atomic E-state index is -0.182. The Hall–Kier alpha value is -3.13. The van der Waals surface area contributed by atoms with Gasteiger partial charge < -0.3 is 5.32 Å². The normalized spacial score (nSPS) is 10.9. The Kier molecular flexibility index (Phi) is 4.17. The summed E-state index contributed by atoms with van der Waals surface area (Å²) >= 11 is 1.57. The van der Waals surface area contributed by atoms with Crippen LogP contribution in [0.25, 0.3) is 16.2 Å². The maximum Gasteiger partial charge on any atom is 0.270 e.